The molecule has 0 heterocycles. The Morgan fingerprint density at radius 3 is 2.18 bits per heavy atom. The SMILES string of the molecule is Cc1cc(C)c([N+](=O)[O-])c(S(=O)(=O)C(C)C)c1. The van der Waals surface area contributed by atoms with E-state index >= 15 is 0 Å². The largest absolute Gasteiger partial charge is 0.290 e. The molecule has 0 saturated heterocycles. The van der Waals surface area contributed by atoms with Crippen molar-refractivity contribution in [2.24, 2.45) is 0 Å². The molecule has 0 aliphatic heterocycles. The van der Waals surface area contributed by atoms with E-state index in [0.717, 1.165) is 0 Å². The molecule has 0 spiro atoms. The summed E-state index contributed by atoms with van der Waals surface area (Å²) in [6.07, 6.45) is 0. The quantitative estimate of drug-likeness (QED) is 0.615. The van der Waals surface area contributed by atoms with Crippen molar-refractivity contribution >= 4 is 15.5 Å². The van der Waals surface area contributed by atoms with Gasteiger partial charge < -0.3 is 0 Å². The highest BCUT2D eigenvalue weighted by atomic mass is 32.2. The highest BCUT2D eigenvalue weighted by Crippen LogP contribution is 2.31. The van der Waals surface area contributed by atoms with Crippen molar-refractivity contribution in [3.63, 3.8) is 0 Å². The Hall–Kier alpha value is -1.43. The fourth-order valence-corrected chi connectivity index (χ4v) is 2.99. The first-order valence-corrected chi connectivity index (χ1v) is 6.72. The Kier molecular flexibility index (Phi) is 3.56. The summed E-state index contributed by atoms with van der Waals surface area (Å²) in [7, 11) is -3.64. The van der Waals surface area contributed by atoms with Gasteiger partial charge >= 0.3 is 0 Å². The van der Waals surface area contributed by atoms with Crippen molar-refractivity contribution in [1.29, 1.82) is 0 Å². The molecule has 94 valence electrons. The lowest BCUT2D eigenvalue weighted by molar-refractivity contribution is -0.388. The van der Waals surface area contributed by atoms with Crippen LogP contribution in [0.2, 0.25) is 0 Å². The maximum atomic E-state index is 12.1. The molecule has 1 aromatic carbocycles. The summed E-state index contributed by atoms with van der Waals surface area (Å²) < 4.78 is 24.1. The van der Waals surface area contributed by atoms with Crippen LogP contribution in [-0.4, -0.2) is 18.6 Å². The van der Waals surface area contributed by atoms with Gasteiger partial charge in [0.2, 0.25) is 0 Å². The maximum Gasteiger partial charge on any atom is 0.290 e. The molecule has 6 heteroatoms. The van der Waals surface area contributed by atoms with Gasteiger partial charge in [-0.25, -0.2) is 8.42 Å². The molecule has 5 nitrogen and oxygen atoms in total. The van der Waals surface area contributed by atoms with E-state index in [1.807, 2.05) is 0 Å². The van der Waals surface area contributed by atoms with E-state index in [1.165, 1.54) is 19.9 Å². The van der Waals surface area contributed by atoms with Crippen molar-refractivity contribution in [2.75, 3.05) is 0 Å². The van der Waals surface area contributed by atoms with Gasteiger partial charge in [0.05, 0.1) is 10.2 Å². The second-order valence-electron chi connectivity index (χ2n) is 4.28. The summed E-state index contributed by atoms with van der Waals surface area (Å²) in [5.74, 6) is 0. The van der Waals surface area contributed by atoms with Crippen LogP contribution in [0.15, 0.2) is 17.0 Å². The number of hydrogen-bond acceptors (Lipinski definition) is 4. The molecule has 1 rings (SSSR count). The number of nitrogens with zero attached hydrogens (tertiary/aromatic N) is 1. The predicted molar refractivity (Wildman–Crippen MR) is 64.9 cm³/mol. The van der Waals surface area contributed by atoms with Crippen molar-refractivity contribution in [1.82, 2.24) is 0 Å². The van der Waals surface area contributed by atoms with Crippen LogP contribution in [0.4, 0.5) is 5.69 Å². The molecule has 0 atom stereocenters. The summed E-state index contributed by atoms with van der Waals surface area (Å²) in [4.78, 5) is 10.1. The van der Waals surface area contributed by atoms with Crippen LogP contribution >= 0.6 is 0 Å². The Labute approximate surface area is 101 Å². The molecule has 17 heavy (non-hydrogen) atoms. The number of sulfone groups is 1. The summed E-state index contributed by atoms with van der Waals surface area (Å²) in [5.41, 5.74) is 0.755. The summed E-state index contributed by atoms with van der Waals surface area (Å²) >= 11 is 0. The van der Waals surface area contributed by atoms with Gasteiger partial charge in [-0.3, -0.25) is 10.1 Å². The zero-order chi connectivity index (χ0) is 13.4. The molecule has 1 aromatic rings. The van der Waals surface area contributed by atoms with Crippen LogP contribution < -0.4 is 0 Å². The molecule has 0 N–H and O–H groups in total. The first kappa shape index (κ1) is 13.6. The molecule has 0 aliphatic carbocycles. The number of aryl methyl sites for hydroxylation is 2. The van der Waals surface area contributed by atoms with Crippen LogP contribution in [0.25, 0.3) is 0 Å². The molecule has 0 amide bonds. The molecule has 0 aliphatic rings. The zero-order valence-electron chi connectivity index (χ0n) is 10.2. The van der Waals surface area contributed by atoms with E-state index < -0.39 is 20.0 Å². The average molecular weight is 257 g/mol. The van der Waals surface area contributed by atoms with E-state index in [9.17, 15) is 18.5 Å². The molecule has 0 saturated carbocycles. The molecule has 0 bridgehead atoms. The van der Waals surface area contributed by atoms with Crippen molar-refractivity contribution in [3.8, 4) is 0 Å². The molecular weight excluding hydrogens is 242 g/mol. The summed E-state index contributed by atoms with van der Waals surface area (Å²) in [5, 5.41) is 10.3. The van der Waals surface area contributed by atoms with E-state index in [2.05, 4.69) is 0 Å². The minimum atomic E-state index is -3.64. The average Bonchev–Trinajstić information content (AvgIpc) is 2.15. The van der Waals surface area contributed by atoms with Gasteiger partial charge in [-0.05, 0) is 45.4 Å². The van der Waals surface area contributed by atoms with Crippen LogP contribution in [0.1, 0.15) is 25.0 Å². The second-order valence-corrected chi connectivity index (χ2v) is 6.75. The van der Waals surface area contributed by atoms with E-state index in [0.29, 0.717) is 11.1 Å². The number of rotatable bonds is 3. The van der Waals surface area contributed by atoms with Gasteiger partial charge in [0, 0.05) is 5.56 Å². The van der Waals surface area contributed by atoms with Gasteiger partial charge in [-0.1, -0.05) is 0 Å². The van der Waals surface area contributed by atoms with Crippen LogP contribution in [0, 0.1) is 24.0 Å². The fraction of sp³-hybridized carbons (Fsp3) is 0.455. The molecule has 0 radical (unpaired) electrons. The van der Waals surface area contributed by atoms with E-state index in [-0.39, 0.29) is 10.6 Å². The van der Waals surface area contributed by atoms with Gasteiger partial charge in [-0.15, -0.1) is 0 Å². The van der Waals surface area contributed by atoms with E-state index in [4.69, 9.17) is 0 Å². The molecular formula is C11H15NO4S. The smallest absolute Gasteiger partial charge is 0.258 e. The minimum absolute atomic E-state index is 0.185. The third kappa shape index (κ3) is 2.46. The highest BCUT2D eigenvalue weighted by Gasteiger charge is 2.30. The molecule has 0 aromatic heterocycles. The lowest BCUT2D eigenvalue weighted by Gasteiger charge is -2.10. The molecule has 0 unspecified atom stereocenters. The maximum absolute atomic E-state index is 12.1. The third-order valence-electron chi connectivity index (χ3n) is 2.52. The Morgan fingerprint density at radius 2 is 1.76 bits per heavy atom. The van der Waals surface area contributed by atoms with Gasteiger partial charge in [-0.2, -0.15) is 0 Å². The first-order valence-electron chi connectivity index (χ1n) is 5.17. The summed E-state index contributed by atoms with van der Waals surface area (Å²) in [6, 6.07) is 2.97. The van der Waals surface area contributed by atoms with Crippen molar-refractivity contribution in [3.05, 3.63) is 33.4 Å². The topological polar surface area (TPSA) is 77.3 Å². The Balaban J connectivity index is 3.69. The van der Waals surface area contributed by atoms with Crippen LogP contribution in [0.5, 0.6) is 0 Å². The number of hydrogen-bond donors (Lipinski definition) is 0. The summed E-state index contributed by atoms with van der Waals surface area (Å²) in [6.45, 7) is 6.29. The third-order valence-corrected chi connectivity index (χ3v) is 4.69. The molecule has 0 fully saturated rings. The van der Waals surface area contributed by atoms with Crippen LogP contribution in [0.3, 0.4) is 0 Å². The van der Waals surface area contributed by atoms with E-state index in [1.54, 1.807) is 19.9 Å². The Bertz CT molecular complexity index is 561. The van der Waals surface area contributed by atoms with Gasteiger partial charge in [0.25, 0.3) is 5.69 Å². The number of nitro groups is 1. The second kappa shape index (κ2) is 4.44. The fourth-order valence-electron chi connectivity index (χ4n) is 1.63. The van der Waals surface area contributed by atoms with Crippen LogP contribution in [-0.2, 0) is 9.84 Å². The van der Waals surface area contributed by atoms with Crippen molar-refractivity contribution in [2.45, 2.75) is 37.8 Å². The van der Waals surface area contributed by atoms with Gasteiger partial charge in [0.1, 0.15) is 4.90 Å². The lowest BCUT2D eigenvalue weighted by atomic mass is 10.1. The predicted octanol–water partition coefficient (Wildman–Crippen LogP) is 2.39. The van der Waals surface area contributed by atoms with Crippen molar-refractivity contribution < 1.29 is 13.3 Å². The minimum Gasteiger partial charge on any atom is -0.258 e. The monoisotopic (exact) mass is 257 g/mol. The first-order chi connectivity index (χ1) is 7.67. The highest BCUT2D eigenvalue weighted by molar-refractivity contribution is 7.92. The Morgan fingerprint density at radius 1 is 1.24 bits per heavy atom. The lowest BCUT2D eigenvalue weighted by Crippen LogP contribution is -2.16. The normalized spacial score (nSPS) is 11.8. The zero-order valence-corrected chi connectivity index (χ0v) is 11.0. The number of benzene rings is 1. The van der Waals surface area contributed by atoms with Gasteiger partial charge in [0.15, 0.2) is 9.84 Å². The standard InChI is InChI=1S/C11H15NO4S/c1-7(2)17(15,16)10-6-8(3)5-9(4)11(10)12(13)14/h5-7H,1-4H3. The number of nitro benzene ring substituents is 1.